The Morgan fingerprint density at radius 3 is 2.67 bits per heavy atom. The molecule has 0 spiro atoms. The number of hydrogen-bond donors (Lipinski definition) is 2. The zero-order valence-electron chi connectivity index (χ0n) is 10.3. The molecule has 0 saturated heterocycles. The first-order valence-corrected chi connectivity index (χ1v) is 9.14. The first-order valence-electron chi connectivity index (χ1n) is 5.47. The van der Waals surface area contributed by atoms with Crippen molar-refractivity contribution >= 4 is 43.4 Å². The zero-order valence-corrected chi connectivity index (χ0v) is 13.5. The molecule has 0 fully saturated rings. The number of halogens is 1. The highest BCUT2D eigenvalue weighted by molar-refractivity contribution is 9.10. The van der Waals surface area contributed by atoms with Crippen molar-refractivity contribution in [3.63, 3.8) is 0 Å². The summed E-state index contributed by atoms with van der Waals surface area (Å²) in [5.74, 6) is 0.756. The molecule has 0 amide bonds. The van der Waals surface area contributed by atoms with E-state index in [2.05, 4.69) is 20.7 Å². The molecule has 1 aromatic carbocycles. The average molecular weight is 353 g/mol. The number of nitrogens with one attached hydrogen (secondary N) is 1. The first-order chi connectivity index (χ1) is 8.40. The number of rotatable bonds is 6. The van der Waals surface area contributed by atoms with Crippen LogP contribution in [-0.4, -0.2) is 26.5 Å². The van der Waals surface area contributed by atoms with Crippen LogP contribution in [-0.2, 0) is 10.0 Å². The van der Waals surface area contributed by atoms with Gasteiger partial charge in [-0.25, -0.2) is 13.1 Å². The van der Waals surface area contributed by atoms with Gasteiger partial charge in [0.2, 0.25) is 10.0 Å². The van der Waals surface area contributed by atoms with Crippen LogP contribution in [0.4, 0.5) is 5.69 Å². The zero-order chi connectivity index (χ0) is 13.8. The monoisotopic (exact) mass is 352 g/mol. The third-order valence-electron chi connectivity index (χ3n) is 2.46. The summed E-state index contributed by atoms with van der Waals surface area (Å²) in [5.41, 5.74) is 6.16. The molecule has 1 atom stereocenters. The van der Waals surface area contributed by atoms with Crippen molar-refractivity contribution in [2.75, 3.05) is 17.7 Å². The summed E-state index contributed by atoms with van der Waals surface area (Å²) >= 11 is 4.85. The van der Waals surface area contributed by atoms with Gasteiger partial charge in [0.25, 0.3) is 0 Å². The van der Waals surface area contributed by atoms with Crippen molar-refractivity contribution in [3.8, 4) is 0 Å². The van der Waals surface area contributed by atoms with E-state index in [1.807, 2.05) is 13.2 Å². The molecule has 1 aromatic rings. The predicted molar refractivity (Wildman–Crippen MR) is 81.3 cm³/mol. The Morgan fingerprint density at radius 2 is 2.17 bits per heavy atom. The number of hydrogen-bond acceptors (Lipinski definition) is 4. The number of nitrogen functional groups attached to an aromatic ring is 1. The standard InChI is InChI=1S/C11H17BrN2O2S2/c1-3-8(7-17-2)14-18(15,16)9-4-5-11(13)10(12)6-9/h4-6,8,14H,3,7,13H2,1-2H3. The second-order valence-electron chi connectivity index (χ2n) is 3.87. The molecular weight excluding hydrogens is 336 g/mol. The van der Waals surface area contributed by atoms with Crippen molar-refractivity contribution in [3.05, 3.63) is 22.7 Å². The first kappa shape index (κ1) is 15.8. The third-order valence-corrected chi connectivity index (χ3v) is 5.41. The number of sulfonamides is 1. The number of thioether (sulfide) groups is 1. The Hall–Kier alpha value is -0.240. The van der Waals surface area contributed by atoms with Crippen LogP contribution in [0.3, 0.4) is 0 Å². The molecule has 0 aliphatic rings. The van der Waals surface area contributed by atoms with Crippen LogP contribution >= 0.6 is 27.7 Å². The maximum Gasteiger partial charge on any atom is 0.240 e. The lowest BCUT2D eigenvalue weighted by molar-refractivity contribution is 0.558. The third kappa shape index (κ3) is 4.15. The fourth-order valence-electron chi connectivity index (χ4n) is 1.40. The van der Waals surface area contributed by atoms with E-state index in [0.29, 0.717) is 10.2 Å². The van der Waals surface area contributed by atoms with Crippen LogP contribution in [0.2, 0.25) is 0 Å². The molecule has 1 rings (SSSR count). The topological polar surface area (TPSA) is 72.2 Å². The molecule has 18 heavy (non-hydrogen) atoms. The van der Waals surface area contributed by atoms with Gasteiger partial charge in [-0.05, 0) is 46.8 Å². The van der Waals surface area contributed by atoms with E-state index in [-0.39, 0.29) is 10.9 Å². The Balaban J connectivity index is 2.95. The summed E-state index contributed by atoms with van der Waals surface area (Å²) in [6.45, 7) is 1.96. The van der Waals surface area contributed by atoms with Gasteiger partial charge in [0.05, 0.1) is 4.90 Å². The highest BCUT2D eigenvalue weighted by Gasteiger charge is 2.19. The van der Waals surface area contributed by atoms with Crippen molar-refractivity contribution in [2.24, 2.45) is 0 Å². The van der Waals surface area contributed by atoms with Gasteiger partial charge in [0.1, 0.15) is 0 Å². The lowest BCUT2D eigenvalue weighted by Gasteiger charge is -2.16. The molecule has 7 heteroatoms. The van der Waals surface area contributed by atoms with E-state index >= 15 is 0 Å². The Bertz CT molecular complexity index is 506. The molecule has 1 unspecified atom stereocenters. The van der Waals surface area contributed by atoms with E-state index in [4.69, 9.17) is 5.73 Å². The Kier molecular flexibility index (Phi) is 5.97. The predicted octanol–water partition coefficient (Wildman–Crippen LogP) is 2.45. The van der Waals surface area contributed by atoms with Crippen molar-refractivity contribution < 1.29 is 8.42 Å². The Morgan fingerprint density at radius 1 is 1.50 bits per heavy atom. The van der Waals surface area contributed by atoms with Gasteiger partial charge in [-0.2, -0.15) is 11.8 Å². The van der Waals surface area contributed by atoms with Gasteiger partial charge >= 0.3 is 0 Å². The fraction of sp³-hybridized carbons (Fsp3) is 0.455. The van der Waals surface area contributed by atoms with Crippen molar-refractivity contribution in [1.82, 2.24) is 4.72 Å². The van der Waals surface area contributed by atoms with Gasteiger partial charge in [-0.1, -0.05) is 6.92 Å². The molecule has 0 bridgehead atoms. The summed E-state index contributed by atoms with van der Waals surface area (Å²) in [6, 6.07) is 4.55. The molecule has 0 heterocycles. The maximum atomic E-state index is 12.2. The van der Waals surface area contributed by atoms with Gasteiger partial charge in [-0.3, -0.25) is 0 Å². The second kappa shape index (κ2) is 6.79. The van der Waals surface area contributed by atoms with Crippen LogP contribution in [0.1, 0.15) is 13.3 Å². The highest BCUT2D eigenvalue weighted by Crippen LogP contribution is 2.23. The van der Waals surface area contributed by atoms with E-state index in [9.17, 15) is 8.42 Å². The minimum absolute atomic E-state index is 0.0543. The molecule has 0 aliphatic heterocycles. The number of benzene rings is 1. The SMILES string of the molecule is CCC(CSC)NS(=O)(=O)c1ccc(N)c(Br)c1. The quantitative estimate of drug-likeness (QED) is 0.771. The molecule has 102 valence electrons. The molecule has 0 radical (unpaired) electrons. The van der Waals surface area contributed by atoms with Crippen molar-refractivity contribution in [1.29, 1.82) is 0 Å². The second-order valence-corrected chi connectivity index (χ2v) is 7.34. The average Bonchev–Trinajstić information content (AvgIpc) is 2.31. The molecule has 0 aliphatic carbocycles. The van der Waals surface area contributed by atoms with Crippen LogP contribution in [0.15, 0.2) is 27.6 Å². The summed E-state index contributed by atoms with van der Waals surface area (Å²) < 4.78 is 27.6. The van der Waals surface area contributed by atoms with Gasteiger partial charge in [-0.15, -0.1) is 0 Å². The van der Waals surface area contributed by atoms with Gasteiger partial charge in [0, 0.05) is 22.0 Å². The molecule has 0 aromatic heterocycles. The van der Waals surface area contributed by atoms with E-state index in [1.54, 1.807) is 17.8 Å². The number of anilines is 1. The summed E-state index contributed by atoms with van der Waals surface area (Å²) in [5, 5.41) is 0. The van der Waals surface area contributed by atoms with E-state index in [0.717, 1.165) is 12.2 Å². The normalized spacial score (nSPS) is 13.5. The molecule has 3 N–H and O–H groups in total. The van der Waals surface area contributed by atoms with Crippen LogP contribution < -0.4 is 10.5 Å². The Labute approximate surface area is 121 Å². The lowest BCUT2D eigenvalue weighted by Crippen LogP contribution is -2.36. The summed E-state index contributed by atoms with van der Waals surface area (Å²) in [4.78, 5) is 0.225. The number of nitrogens with two attached hydrogens (primary N) is 1. The minimum atomic E-state index is -3.48. The maximum absolute atomic E-state index is 12.2. The van der Waals surface area contributed by atoms with E-state index in [1.165, 1.54) is 12.1 Å². The molecule has 4 nitrogen and oxygen atoms in total. The fourth-order valence-corrected chi connectivity index (χ4v) is 4.10. The minimum Gasteiger partial charge on any atom is -0.398 e. The molecule has 0 saturated carbocycles. The summed E-state index contributed by atoms with van der Waals surface area (Å²) in [7, 11) is -3.48. The summed E-state index contributed by atoms with van der Waals surface area (Å²) in [6.07, 6.45) is 2.72. The van der Waals surface area contributed by atoms with Gasteiger partial charge < -0.3 is 5.73 Å². The van der Waals surface area contributed by atoms with Gasteiger partial charge in [0.15, 0.2) is 0 Å². The van der Waals surface area contributed by atoms with E-state index < -0.39 is 10.0 Å². The van der Waals surface area contributed by atoms with Crippen LogP contribution in [0.25, 0.3) is 0 Å². The van der Waals surface area contributed by atoms with Crippen molar-refractivity contribution in [2.45, 2.75) is 24.3 Å². The molecular formula is C11H17BrN2O2S2. The highest BCUT2D eigenvalue weighted by atomic mass is 79.9. The largest absolute Gasteiger partial charge is 0.398 e. The smallest absolute Gasteiger partial charge is 0.240 e. The van der Waals surface area contributed by atoms with Crippen LogP contribution in [0.5, 0.6) is 0 Å². The lowest BCUT2D eigenvalue weighted by atomic mass is 10.3. The van der Waals surface area contributed by atoms with Crippen LogP contribution in [0, 0.1) is 0 Å².